The molecule has 1 aromatic carbocycles. The molecule has 1 aliphatic rings. The highest BCUT2D eigenvalue weighted by Crippen LogP contribution is 2.10. The van der Waals surface area contributed by atoms with Gasteiger partial charge in [-0.05, 0) is 24.0 Å². The third-order valence-electron chi connectivity index (χ3n) is 3.17. The molecule has 1 saturated heterocycles. The molecule has 98 valence electrons. The monoisotopic (exact) mass is 248 g/mol. The number of nitrogens with two attached hydrogens (primary N) is 1. The molecule has 0 aliphatic carbocycles. The minimum atomic E-state index is 0.0472. The first-order valence-electron chi connectivity index (χ1n) is 6.44. The zero-order chi connectivity index (χ0) is 12.8. The standard InChI is InChI=1S/C14H20N2O2/c15-9-12-5-3-11(4-6-12)8-14(17)16-10-13-2-1-7-18-13/h3-6,13H,1-2,7-10,15H2,(H,16,17). The van der Waals surface area contributed by atoms with Crippen LogP contribution in [0.25, 0.3) is 0 Å². The number of benzene rings is 1. The van der Waals surface area contributed by atoms with Crippen LogP contribution in [-0.4, -0.2) is 25.2 Å². The van der Waals surface area contributed by atoms with Gasteiger partial charge in [-0.15, -0.1) is 0 Å². The fraction of sp³-hybridized carbons (Fsp3) is 0.500. The number of hydrogen-bond donors (Lipinski definition) is 2. The van der Waals surface area contributed by atoms with Gasteiger partial charge in [-0.2, -0.15) is 0 Å². The summed E-state index contributed by atoms with van der Waals surface area (Å²) in [6, 6.07) is 7.83. The van der Waals surface area contributed by atoms with Gasteiger partial charge < -0.3 is 15.8 Å². The highest BCUT2D eigenvalue weighted by atomic mass is 16.5. The fourth-order valence-electron chi connectivity index (χ4n) is 2.07. The van der Waals surface area contributed by atoms with Crippen LogP contribution in [0.1, 0.15) is 24.0 Å². The van der Waals surface area contributed by atoms with E-state index in [-0.39, 0.29) is 12.0 Å². The van der Waals surface area contributed by atoms with Gasteiger partial charge in [0.2, 0.25) is 5.91 Å². The van der Waals surface area contributed by atoms with Crippen LogP contribution in [0.3, 0.4) is 0 Å². The molecule has 4 heteroatoms. The highest BCUT2D eigenvalue weighted by Gasteiger charge is 2.16. The molecule has 1 aromatic rings. The lowest BCUT2D eigenvalue weighted by Gasteiger charge is -2.10. The summed E-state index contributed by atoms with van der Waals surface area (Å²) < 4.78 is 5.46. The normalized spacial score (nSPS) is 18.8. The molecule has 3 N–H and O–H groups in total. The number of carbonyl (C=O) groups is 1. The summed E-state index contributed by atoms with van der Waals surface area (Å²) in [5.74, 6) is 0.0472. The Bertz CT molecular complexity index is 383. The van der Waals surface area contributed by atoms with Crippen LogP contribution >= 0.6 is 0 Å². The second-order valence-electron chi connectivity index (χ2n) is 4.64. The van der Waals surface area contributed by atoms with E-state index in [1.54, 1.807) is 0 Å². The Morgan fingerprint density at radius 2 is 2.06 bits per heavy atom. The Morgan fingerprint density at radius 3 is 2.67 bits per heavy atom. The maximum Gasteiger partial charge on any atom is 0.224 e. The summed E-state index contributed by atoms with van der Waals surface area (Å²) in [4.78, 5) is 11.7. The van der Waals surface area contributed by atoms with Crippen molar-refractivity contribution in [3.8, 4) is 0 Å². The summed E-state index contributed by atoms with van der Waals surface area (Å²) in [7, 11) is 0. The molecular formula is C14H20N2O2. The average molecular weight is 248 g/mol. The molecule has 1 amide bonds. The van der Waals surface area contributed by atoms with Crippen molar-refractivity contribution in [2.24, 2.45) is 5.73 Å². The van der Waals surface area contributed by atoms with E-state index >= 15 is 0 Å². The van der Waals surface area contributed by atoms with Gasteiger partial charge in [0.05, 0.1) is 12.5 Å². The highest BCUT2D eigenvalue weighted by molar-refractivity contribution is 5.78. The van der Waals surface area contributed by atoms with Crippen LogP contribution < -0.4 is 11.1 Å². The van der Waals surface area contributed by atoms with Crippen LogP contribution in [0.2, 0.25) is 0 Å². The lowest BCUT2D eigenvalue weighted by molar-refractivity contribution is -0.120. The molecule has 0 saturated carbocycles. The molecule has 0 radical (unpaired) electrons. The van der Waals surface area contributed by atoms with Crippen LogP contribution in [0, 0.1) is 0 Å². The summed E-state index contributed by atoms with van der Waals surface area (Å²) in [6.07, 6.45) is 2.76. The smallest absolute Gasteiger partial charge is 0.224 e. The van der Waals surface area contributed by atoms with Crippen LogP contribution in [0.5, 0.6) is 0 Å². The minimum Gasteiger partial charge on any atom is -0.376 e. The number of amides is 1. The Morgan fingerprint density at radius 1 is 1.33 bits per heavy atom. The lowest BCUT2D eigenvalue weighted by atomic mass is 10.1. The van der Waals surface area contributed by atoms with Crippen molar-refractivity contribution in [2.45, 2.75) is 31.9 Å². The first kappa shape index (κ1) is 13.1. The number of nitrogens with one attached hydrogen (secondary N) is 1. The van der Waals surface area contributed by atoms with Gasteiger partial charge in [0.1, 0.15) is 0 Å². The van der Waals surface area contributed by atoms with Crippen molar-refractivity contribution in [1.29, 1.82) is 0 Å². The number of rotatable bonds is 5. The van der Waals surface area contributed by atoms with Crippen molar-refractivity contribution >= 4 is 5.91 Å². The first-order valence-corrected chi connectivity index (χ1v) is 6.44. The third-order valence-corrected chi connectivity index (χ3v) is 3.17. The Labute approximate surface area is 108 Å². The second-order valence-corrected chi connectivity index (χ2v) is 4.64. The van der Waals surface area contributed by atoms with Crippen LogP contribution in [-0.2, 0) is 22.5 Å². The molecule has 2 rings (SSSR count). The van der Waals surface area contributed by atoms with Gasteiger partial charge in [-0.3, -0.25) is 4.79 Å². The van der Waals surface area contributed by atoms with E-state index in [4.69, 9.17) is 10.5 Å². The van der Waals surface area contributed by atoms with E-state index in [9.17, 15) is 4.79 Å². The molecule has 4 nitrogen and oxygen atoms in total. The van der Waals surface area contributed by atoms with E-state index in [1.165, 1.54) is 0 Å². The van der Waals surface area contributed by atoms with Crippen molar-refractivity contribution in [3.63, 3.8) is 0 Å². The molecule has 0 aromatic heterocycles. The summed E-state index contributed by atoms with van der Waals surface area (Å²) in [5.41, 5.74) is 7.62. The largest absolute Gasteiger partial charge is 0.376 e. The molecule has 1 aliphatic heterocycles. The number of hydrogen-bond acceptors (Lipinski definition) is 3. The van der Waals surface area contributed by atoms with Gasteiger partial charge in [0, 0.05) is 19.7 Å². The lowest BCUT2D eigenvalue weighted by Crippen LogP contribution is -2.32. The Kier molecular flexibility index (Phi) is 4.73. The molecule has 0 spiro atoms. The molecule has 18 heavy (non-hydrogen) atoms. The van der Waals surface area contributed by atoms with Gasteiger partial charge >= 0.3 is 0 Å². The summed E-state index contributed by atoms with van der Waals surface area (Å²) in [5, 5.41) is 2.91. The predicted octanol–water partition coefficient (Wildman–Crippen LogP) is 0.983. The average Bonchev–Trinajstić information content (AvgIpc) is 2.90. The second kappa shape index (κ2) is 6.52. The van der Waals surface area contributed by atoms with E-state index in [2.05, 4.69) is 5.32 Å². The maximum atomic E-state index is 11.7. The number of carbonyl (C=O) groups excluding carboxylic acids is 1. The van der Waals surface area contributed by atoms with Crippen molar-refractivity contribution in [1.82, 2.24) is 5.32 Å². The summed E-state index contributed by atoms with van der Waals surface area (Å²) in [6.45, 7) is 1.98. The van der Waals surface area contributed by atoms with Gasteiger partial charge in [-0.25, -0.2) is 0 Å². The van der Waals surface area contributed by atoms with E-state index in [0.717, 1.165) is 30.6 Å². The van der Waals surface area contributed by atoms with Gasteiger partial charge in [-0.1, -0.05) is 24.3 Å². The van der Waals surface area contributed by atoms with E-state index in [0.29, 0.717) is 19.5 Å². The van der Waals surface area contributed by atoms with Crippen molar-refractivity contribution in [3.05, 3.63) is 35.4 Å². The zero-order valence-corrected chi connectivity index (χ0v) is 10.5. The quantitative estimate of drug-likeness (QED) is 0.816. The molecule has 0 bridgehead atoms. The van der Waals surface area contributed by atoms with E-state index < -0.39 is 0 Å². The predicted molar refractivity (Wildman–Crippen MR) is 70.0 cm³/mol. The first-order chi connectivity index (χ1) is 8.78. The SMILES string of the molecule is NCc1ccc(CC(=O)NCC2CCCO2)cc1. The Hall–Kier alpha value is -1.39. The Balaban J connectivity index is 1.75. The maximum absolute atomic E-state index is 11.7. The van der Waals surface area contributed by atoms with Crippen LogP contribution in [0.4, 0.5) is 0 Å². The topological polar surface area (TPSA) is 64.4 Å². The zero-order valence-electron chi connectivity index (χ0n) is 10.5. The van der Waals surface area contributed by atoms with Crippen molar-refractivity contribution < 1.29 is 9.53 Å². The molecule has 1 atom stereocenters. The minimum absolute atomic E-state index is 0.0472. The third kappa shape index (κ3) is 3.82. The molecule has 1 unspecified atom stereocenters. The van der Waals surface area contributed by atoms with Gasteiger partial charge in [0.15, 0.2) is 0 Å². The number of ether oxygens (including phenoxy) is 1. The molecule has 1 heterocycles. The molecule has 1 fully saturated rings. The van der Waals surface area contributed by atoms with Gasteiger partial charge in [0.25, 0.3) is 0 Å². The van der Waals surface area contributed by atoms with Crippen LogP contribution in [0.15, 0.2) is 24.3 Å². The van der Waals surface area contributed by atoms with E-state index in [1.807, 2.05) is 24.3 Å². The van der Waals surface area contributed by atoms with Crippen molar-refractivity contribution in [2.75, 3.05) is 13.2 Å². The molecular weight excluding hydrogens is 228 g/mol. The fourth-order valence-corrected chi connectivity index (χ4v) is 2.07. The summed E-state index contributed by atoms with van der Waals surface area (Å²) >= 11 is 0.